The van der Waals surface area contributed by atoms with Crippen molar-refractivity contribution in [1.82, 2.24) is 34.6 Å². The van der Waals surface area contributed by atoms with Crippen LogP contribution in [0.25, 0.3) is 0 Å². The van der Waals surface area contributed by atoms with Gasteiger partial charge in [0.25, 0.3) is 0 Å². The smallest absolute Gasteiger partial charge is 0.248 e. The fraction of sp³-hybridized carbons (Fsp3) is 0.733. The van der Waals surface area contributed by atoms with Crippen molar-refractivity contribution in [2.24, 2.45) is 0 Å². The molecule has 1 fully saturated rings. The van der Waals surface area contributed by atoms with Crippen LogP contribution < -0.4 is 0 Å². The molecule has 27 heavy (non-hydrogen) atoms. The van der Waals surface area contributed by atoms with E-state index in [2.05, 4.69) is 20.7 Å². The number of sulfonamides is 1. The molecule has 11 nitrogen and oxygen atoms in total. The monoisotopic (exact) mass is 399 g/mol. The Morgan fingerprint density at radius 2 is 2.07 bits per heavy atom. The van der Waals surface area contributed by atoms with E-state index in [-0.39, 0.29) is 11.4 Å². The quantitative estimate of drug-likeness (QED) is 0.622. The maximum absolute atomic E-state index is 13.2. The molecule has 0 radical (unpaired) electrons. The van der Waals surface area contributed by atoms with Crippen LogP contribution >= 0.6 is 0 Å². The molecule has 1 atom stereocenters. The minimum Gasteiger partial charge on any atom is -0.383 e. The molecule has 0 spiro atoms. The van der Waals surface area contributed by atoms with Gasteiger partial charge in [-0.15, -0.1) is 5.10 Å². The lowest BCUT2D eigenvalue weighted by molar-refractivity contribution is 0.138. The summed E-state index contributed by atoms with van der Waals surface area (Å²) in [6.07, 6.45) is 0.565. The molecule has 0 aromatic carbocycles. The molecule has 0 N–H and O–H groups in total. The topological polar surface area (TPSA) is 119 Å². The molecule has 2 aromatic heterocycles. The van der Waals surface area contributed by atoms with Crippen molar-refractivity contribution in [2.75, 3.05) is 40.9 Å². The SMILES string of the molecule is COCCn1nnnc1C1(N(C)C)CCN(S(=O)(=O)c2c(C)noc2C)C1. The molecule has 0 bridgehead atoms. The molecular weight excluding hydrogens is 374 g/mol. The number of aryl methyl sites for hydroxylation is 2. The average Bonchev–Trinajstić information content (AvgIpc) is 3.31. The van der Waals surface area contributed by atoms with E-state index in [0.29, 0.717) is 43.4 Å². The van der Waals surface area contributed by atoms with E-state index in [1.807, 2.05) is 19.0 Å². The van der Waals surface area contributed by atoms with E-state index in [9.17, 15) is 8.42 Å². The molecule has 1 unspecified atom stereocenters. The average molecular weight is 399 g/mol. The van der Waals surface area contributed by atoms with Crippen LogP contribution in [0.2, 0.25) is 0 Å². The Morgan fingerprint density at radius 1 is 1.33 bits per heavy atom. The molecular formula is C15H25N7O4S. The van der Waals surface area contributed by atoms with Gasteiger partial charge in [0.15, 0.2) is 11.6 Å². The van der Waals surface area contributed by atoms with Crippen molar-refractivity contribution in [3.63, 3.8) is 0 Å². The van der Waals surface area contributed by atoms with Gasteiger partial charge in [0.2, 0.25) is 10.0 Å². The van der Waals surface area contributed by atoms with Crippen LogP contribution in [0.1, 0.15) is 23.7 Å². The van der Waals surface area contributed by atoms with E-state index >= 15 is 0 Å². The van der Waals surface area contributed by atoms with Crippen LogP contribution in [0.5, 0.6) is 0 Å². The second-order valence-corrected chi connectivity index (χ2v) is 8.76. The van der Waals surface area contributed by atoms with Crippen molar-refractivity contribution in [3.05, 3.63) is 17.3 Å². The van der Waals surface area contributed by atoms with E-state index in [4.69, 9.17) is 9.26 Å². The van der Waals surface area contributed by atoms with Gasteiger partial charge >= 0.3 is 0 Å². The Labute approximate surface area is 158 Å². The summed E-state index contributed by atoms with van der Waals surface area (Å²) < 4.78 is 39.7. The van der Waals surface area contributed by atoms with Crippen molar-refractivity contribution in [1.29, 1.82) is 0 Å². The van der Waals surface area contributed by atoms with Gasteiger partial charge in [-0.3, -0.25) is 4.90 Å². The summed E-state index contributed by atoms with van der Waals surface area (Å²) in [4.78, 5) is 2.11. The van der Waals surface area contributed by atoms with Gasteiger partial charge in [0.05, 0.1) is 18.7 Å². The molecule has 12 heteroatoms. The lowest BCUT2D eigenvalue weighted by atomic mass is 9.96. The van der Waals surface area contributed by atoms with Crippen molar-refractivity contribution in [2.45, 2.75) is 37.2 Å². The number of tetrazole rings is 1. The maximum Gasteiger partial charge on any atom is 0.248 e. The van der Waals surface area contributed by atoms with Gasteiger partial charge in [0.1, 0.15) is 10.6 Å². The van der Waals surface area contributed by atoms with E-state index in [0.717, 1.165) is 0 Å². The number of ether oxygens (including phenoxy) is 1. The summed E-state index contributed by atoms with van der Waals surface area (Å²) in [5, 5.41) is 15.8. The molecule has 0 aliphatic carbocycles. The third kappa shape index (κ3) is 3.26. The molecule has 0 saturated carbocycles. The predicted octanol–water partition coefficient (Wildman–Crippen LogP) is -0.224. The number of hydrogen-bond donors (Lipinski definition) is 0. The Kier molecular flexibility index (Phi) is 5.34. The number of nitrogens with zero attached hydrogens (tertiary/aromatic N) is 7. The lowest BCUT2D eigenvalue weighted by Crippen LogP contribution is -2.47. The standard InChI is InChI=1S/C15H25N7O4S/c1-11-13(12(2)26-17-11)27(23,24)21-7-6-15(10-21,20(3)4)14-16-18-19-22(14)8-9-25-5/h6-10H2,1-5H3. The molecule has 3 heterocycles. The number of hydrogen-bond acceptors (Lipinski definition) is 9. The number of likely N-dealkylation sites (N-methyl/N-ethyl adjacent to an activating group) is 1. The van der Waals surface area contributed by atoms with Crippen molar-refractivity contribution >= 4 is 10.0 Å². The van der Waals surface area contributed by atoms with Gasteiger partial charge < -0.3 is 9.26 Å². The van der Waals surface area contributed by atoms with Crippen LogP contribution in [0.3, 0.4) is 0 Å². The molecule has 0 amide bonds. The van der Waals surface area contributed by atoms with E-state index in [1.54, 1.807) is 25.6 Å². The summed E-state index contributed by atoms with van der Waals surface area (Å²) in [6.45, 7) is 4.77. The van der Waals surface area contributed by atoms with Gasteiger partial charge in [-0.05, 0) is 44.8 Å². The highest BCUT2D eigenvalue weighted by Crippen LogP contribution is 2.38. The Bertz CT molecular complexity index is 888. The third-order valence-corrected chi connectivity index (χ3v) is 7.18. The van der Waals surface area contributed by atoms with Crippen LogP contribution in [0.15, 0.2) is 9.42 Å². The summed E-state index contributed by atoms with van der Waals surface area (Å²) >= 11 is 0. The summed E-state index contributed by atoms with van der Waals surface area (Å²) in [5.74, 6) is 0.917. The summed E-state index contributed by atoms with van der Waals surface area (Å²) in [7, 11) is 1.68. The second kappa shape index (κ2) is 7.26. The number of aromatic nitrogens is 5. The highest BCUT2D eigenvalue weighted by molar-refractivity contribution is 7.89. The summed E-state index contributed by atoms with van der Waals surface area (Å²) in [5.41, 5.74) is -0.275. The highest BCUT2D eigenvalue weighted by atomic mass is 32.2. The Balaban J connectivity index is 1.97. The van der Waals surface area contributed by atoms with Crippen molar-refractivity contribution < 1.29 is 17.7 Å². The minimum atomic E-state index is -3.73. The zero-order valence-electron chi connectivity index (χ0n) is 16.2. The Morgan fingerprint density at radius 3 is 2.67 bits per heavy atom. The number of methoxy groups -OCH3 is 1. The second-order valence-electron chi connectivity index (χ2n) is 6.89. The molecule has 1 saturated heterocycles. The van der Waals surface area contributed by atoms with Gasteiger partial charge in [0, 0.05) is 20.2 Å². The molecule has 3 rings (SSSR count). The van der Waals surface area contributed by atoms with Gasteiger partial charge in [-0.2, -0.15) is 4.31 Å². The zero-order valence-corrected chi connectivity index (χ0v) is 17.0. The van der Waals surface area contributed by atoms with Crippen LogP contribution in [0.4, 0.5) is 0 Å². The van der Waals surface area contributed by atoms with Crippen molar-refractivity contribution in [3.8, 4) is 0 Å². The molecule has 150 valence electrons. The minimum absolute atomic E-state index is 0.135. The fourth-order valence-corrected chi connectivity index (χ4v) is 5.33. The van der Waals surface area contributed by atoms with Crippen LogP contribution in [0, 0.1) is 13.8 Å². The number of rotatable bonds is 7. The van der Waals surface area contributed by atoms with Gasteiger partial charge in [-0.25, -0.2) is 13.1 Å². The molecule has 2 aromatic rings. The summed E-state index contributed by atoms with van der Waals surface area (Å²) in [6, 6.07) is 0. The van der Waals surface area contributed by atoms with Crippen LogP contribution in [-0.4, -0.2) is 83.9 Å². The predicted molar refractivity (Wildman–Crippen MR) is 94.4 cm³/mol. The van der Waals surface area contributed by atoms with Gasteiger partial charge in [-0.1, -0.05) is 5.16 Å². The highest BCUT2D eigenvalue weighted by Gasteiger charge is 2.50. The fourth-order valence-electron chi connectivity index (χ4n) is 3.55. The first-order chi connectivity index (χ1) is 12.7. The van der Waals surface area contributed by atoms with E-state index < -0.39 is 15.6 Å². The maximum atomic E-state index is 13.2. The molecule has 1 aliphatic heterocycles. The van der Waals surface area contributed by atoms with E-state index in [1.165, 1.54) is 4.31 Å². The first-order valence-corrected chi connectivity index (χ1v) is 10.0. The normalized spacial score (nSPS) is 21.4. The first-order valence-electron chi connectivity index (χ1n) is 8.60. The largest absolute Gasteiger partial charge is 0.383 e. The zero-order chi connectivity index (χ0) is 19.8. The molecule has 1 aliphatic rings. The lowest BCUT2D eigenvalue weighted by Gasteiger charge is -2.34. The van der Waals surface area contributed by atoms with Crippen LogP contribution in [-0.2, 0) is 26.8 Å². The first kappa shape index (κ1) is 19.9. The third-order valence-electron chi connectivity index (χ3n) is 5.09. The Hall–Kier alpha value is -1.89.